The molecule has 0 aliphatic rings. The van der Waals surface area contributed by atoms with E-state index in [2.05, 4.69) is 31.9 Å². The lowest BCUT2D eigenvalue weighted by atomic mass is 10.0. The maximum atomic E-state index is 13.7. The van der Waals surface area contributed by atoms with Gasteiger partial charge >= 0.3 is 0 Å². The van der Waals surface area contributed by atoms with Crippen LogP contribution < -0.4 is 0 Å². The predicted molar refractivity (Wildman–Crippen MR) is 76.9 cm³/mol. The minimum atomic E-state index is -1.11. The summed E-state index contributed by atoms with van der Waals surface area (Å²) in [7, 11) is 0. The highest BCUT2D eigenvalue weighted by molar-refractivity contribution is 9.10. The van der Waals surface area contributed by atoms with E-state index < -0.39 is 17.7 Å². The topological polar surface area (TPSA) is 20.2 Å². The van der Waals surface area contributed by atoms with E-state index >= 15 is 0 Å². The first-order valence-corrected chi connectivity index (χ1v) is 7.13. The number of hydrogen-bond acceptors (Lipinski definition) is 1. The van der Waals surface area contributed by atoms with Gasteiger partial charge in [-0.15, -0.1) is 0 Å². The molecule has 2 rings (SSSR count). The summed E-state index contributed by atoms with van der Waals surface area (Å²) in [6.45, 7) is 0. The fourth-order valence-electron chi connectivity index (χ4n) is 1.83. The molecule has 0 bridgehead atoms. The van der Waals surface area contributed by atoms with Crippen molar-refractivity contribution >= 4 is 31.9 Å². The Balaban J connectivity index is 2.28. The van der Waals surface area contributed by atoms with Gasteiger partial charge in [-0.1, -0.05) is 44.0 Å². The van der Waals surface area contributed by atoms with E-state index in [0.29, 0.717) is 14.5 Å². The summed E-state index contributed by atoms with van der Waals surface area (Å²) in [6.07, 6.45) is -1.09. The summed E-state index contributed by atoms with van der Waals surface area (Å²) in [5.74, 6) is -0.944. The van der Waals surface area contributed by atoms with Crippen molar-refractivity contribution in [3.8, 4) is 0 Å². The quantitative estimate of drug-likeness (QED) is 0.799. The third kappa shape index (κ3) is 3.41. The minimum Gasteiger partial charge on any atom is -0.388 e. The first-order valence-electron chi connectivity index (χ1n) is 5.55. The van der Waals surface area contributed by atoms with Gasteiger partial charge in [-0.2, -0.15) is 0 Å². The van der Waals surface area contributed by atoms with Crippen LogP contribution in [0.4, 0.5) is 8.78 Å². The van der Waals surface area contributed by atoms with Gasteiger partial charge in [0.05, 0.1) is 6.10 Å². The number of rotatable bonds is 3. The van der Waals surface area contributed by atoms with Gasteiger partial charge in [0.15, 0.2) is 0 Å². The molecule has 1 atom stereocenters. The van der Waals surface area contributed by atoms with Crippen LogP contribution in [0.1, 0.15) is 17.2 Å². The Hall–Kier alpha value is -0.780. The molecular weight excluding hydrogens is 382 g/mol. The average Bonchev–Trinajstić information content (AvgIpc) is 2.32. The van der Waals surface area contributed by atoms with E-state index in [-0.39, 0.29) is 12.0 Å². The largest absolute Gasteiger partial charge is 0.388 e. The van der Waals surface area contributed by atoms with Crippen LogP contribution in [0.2, 0.25) is 0 Å². The summed E-state index contributed by atoms with van der Waals surface area (Å²) in [6, 6.07) is 9.01. The maximum absolute atomic E-state index is 13.7. The van der Waals surface area contributed by atoms with Crippen LogP contribution in [0.5, 0.6) is 0 Å². The molecule has 100 valence electrons. The molecule has 1 nitrogen and oxygen atoms in total. The summed E-state index contributed by atoms with van der Waals surface area (Å²) in [4.78, 5) is 0. The lowest BCUT2D eigenvalue weighted by Gasteiger charge is -2.14. The Morgan fingerprint density at radius 3 is 2.42 bits per heavy atom. The van der Waals surface area contributed by atoms with Crippen molar-refractivity contribution < 1.29 is 13.9 Å². The molecular formula is C14H10Br2F2O. The number of aliphatic hydroxyl groups is 1. The first-order chi connectivity index (χ1) is 8.99. The van der Waals surface area contributed by atoms with Crippen LogP contribution in [-0.2, 0) is 6.42 Å². The number of hydrogen-bond donors (Lipinski definition) is 1. The molecule has 0 saturated carbocycles. The second-order valence-electron chi connectivity index (χ2n) is 4.09. The maximum Gasteiger partial charge on any atom is 0.130 e. The molecule has 0 amide bonds. The number of benzene rings is 2. The fraction of sp³-hybridized carbons (Fsp3) is 0.143. The van der Waals surface area contributed by atoms with Crippen LogP contribution in [0.3, 0.4) is 0 Å². The molecule has 1 unspecified atom stereocenters. The number of halogens is 4. The average molecular weight is 392 g/mol. The SMILES string of the molecule is OC(Cc1ccc(Br)cc1F)c1c(F)cccc1Br. The van der Waals surface area contributed by atoms with Crippen molar-refractivity contribution in [1.29, 1.82) is 0 Å². The van der Waals surface area contributed by atoms with Gasteiger partial charge in [-0.05, 0) is 29.8 Å². The zero-order chi connectivity index (χ0) is 14.0. The van der Waals surface area contributed by atoms with Crippen LogP contribution in [-0.4, -0.2) is 5.11 Å². The summed E-state index contributed by atoms with van der Waals surface area (Å²) < 4.78 is 28.4. The molecule has 0 aromatic heterocycles. The lowest BCUT2D eigenvalue weighted by Crippen LogP contribution is -2.06. The molecule has 2 aromatic carbocycles. The van der Waals surface area contributed by atoms with Gasteiger partial charge in [0.25, 0.3) is 0 Å². The van der Waals surface area contributed by atoms with E-state index in [9.17, 15) is 13.9 Å². The van der Waals surface area contributed by atoms with E-state index in [1.54, 1.807) is 18.2 Å². The monoisotopic (exact) mass is 390 g/mol. The zero-order valence-electron chi connectivity index (χ0n) is 9.71. The van der Waals surface area contributed by atoms with Gasteiger partial charge < -0.3 is 5.11 Å². The molecule has 0 spiro atoms. The van der Waals surface area contributed by atoms with Gasteiger partial charge in [0.2, 0.25) is 0 Å². The molecule has 0 fully saturated rings. The Labute approximate surface area is 126 Å². The third-order valence-electron chi connectivity index (χ3n) is 2.76. The third-order valence-corrected chi connectivity index (χ3v) is 3.95. The Morgan fingerprint density at radius 1 is 1.05 bits per heavy atom. The molecule has 1 N–H and O–H groups in total. The summed E-state index contributed by atoms with van der Waals surface area (Å²) in [5, 5.41) is 10.1. The van der Waals surface area contributed by atoms with Crippen molar-refractivity contribution in [3.63, 3.8) is 0 Å². The van der Waals surface area contributed by atoms with Crippen molar-refractivity contribution in [3.05, 3.63) is 68.1 Å². The molecule has 0 saturated heterocycles. The van der Waals surface area contributed by atoms with Gasteiger partial charge in [0, 0.05) is 20.9 Å². The van der Waals surface area contributed by atoms with E-state index in [4.69, 9.17) is 0 Å². The van der Waals surface area contributed by atoms with E-state index in [1.807, 2.05) is 0 Å². The molecule has 0 aliphatic heterocycles. The highest BCUT2D eigenvalue weighted by Gasteiger charge is 2.18. The Bertz CT molecular complexity index is 582. The van der Waals surface area contributed by atoms with Crippen LogP contribution >= 0.6 is 31.9 Å². The molecule has 19 heavy (non-hydrogen) atoms. The highest BCUT2D eigenvalue weighted by atomic mass is 79.9. The van der Waals surface area contributed by atoms with E-state index in [0.717, 1.165) is 0 Å². The van der Waals surface area contributed by atoms with Gasteiger partial charge in [0.1, 0.15) is 11.6 Å². The van der Waals surface area contributed by atoms with E-state index in [1.165, 1.54) is 18.2 Å². The molecule has 0 aliphatic carbocycles. The van der Waals surface area contributed by atoms with Crippen molar-refractivity contribution in [2.45, 2.75) is 12.5 Å². The normalized spacial score (nSPS) is 12.5. The van der Waals surface area contributed by atoms with Crippen LogP contribution in [0, 0.1) is 11.6 Å². The zero-order valence-corrected chi connectivity index (χ0v) is 12.9. The van der Waals surface area contributed by atoms with Crippen LogP contribution in [0.25, 0.3) is 0 Å². The van der Waals surface area contributed by atoms with Gasteiger partial charge in [-0.3, -0.25) is 0 Å². The first kappa shape index (κ1) is 14.6. The standard InChI is InChI=1S/C14H10Br2F2O/c15-9-5-4-8(12(18)7-9)6-13(19)14-10(16)2-1-3-11(14)17/h1-5,7,13,19H,6H2. The molecule has 0 heterocycles. The highest BCUT2D eigenvalue weighted by Crippen LogP contribution is 2.29. The Morgan fingerprint density at radius 2 is 1.79 bits per heavy atom. The van der Waals surface area contributed by atoms with Crippen molar-refractivity contribution in [2.75, 3.05) is 0 Å². The lowest BCUT2D eigenvalue weighted by molar-refractivity contribution is 0.171. The smallest absolute Gasteiger partial charge is 0.130 e. The molecule has 2 aromatic rings. The van der Waals surface area contributed by atoms with Crippen molar-refractivity contribution in [2.24, 2.45) is 0 Å². The summed E-state index contributed by atoms with van der Waals surface area (Å²) >= 11 is 6.35. The second kappa shape index (κ2) is 6.11. The minimum absolute atomic E-state index is 0.0125. The van der Waals surface area contributed by atoms with Crippen LogP contribution in [0.15, 0.2) is 45.3 Å². The van der Waals surface area contributed by atoms with Crippen molar-refractivity contribution in [1.82, 2.24) is 0 Å². The molecule has 0 radical (unpaired) electrons. The fourth-order valence-corrected chi connectivity index (χ4v) is 2.77. The number of aliphatic hydroxyl groups excluding tert-OH is 1. The van der Waals surface area contributed by atoms with Gasteiger partial charge in [-0.25, -0.2) is 8.78 Å². The summed E-state index contributed by atoms with van der Waals surface area (Å²) in [5.41, 5.74) is 0.482. The Kier molecular flexibility index (Phi) is 4.71. The molecule has 5 heteroatoms. The second-order valence-corrected chi connectivity index (χ2v) is 5.86. The predicted octanol–water partition coefficient (Wildman–Crippen LogP) is 4.77.